The van der Waals surface area contributed by atoms with Gasteiger partial charge in [0.15, 0.2) is 5.03 Å². The predicted octanol–water partition coefficient (Wildman–Crippen LogP) is 5.02. The van der Waals surface area contributed by atoms with Gasteiger partial charge in [0, 0.05) is 12.2 Å². The Bertz CT molecular complexity index is 1120. The van der Waals surface area contributed by atoms with E-state index in [0.717, 1.165) is 12.8 Å². The van der Waals surface area contributed by atoms with Gasteiger partial charge in [-0.1, -0.05) is 55.3 Å². The summed E-state index contributed by atoms with van der Waals surface area (Å²) in [5.74, 6) is 0.812. The molecule has 1 heterocycles. The fraction of sp³-hybridized carbons (Fsp3) is 0.261. The maximum Gasteiger partial charge on any atom is 0.435 e. The van der Waals surface area contributed by atoms with Crippen molar-refractivity contribution in [2.24, 2.45) is 0 Å². The van der Waals surface area contributed by atoms with Crippen LogP contribution in [0.1, 0.15) is 25.7 Å². The lowest BCUT2D eigenvalue weighted by atomic mass is 9.96. The van der Waals surface area contributed by atoms with Crippen molar-refractivity contribution >= 4 is 17.6 Å². The molecule has 1 fully saturated rings. The number of nitrogens with one attached hydrogen (secondary N) is 1. The number of hydrogen-bond donors (Lipinski definition) is 1. The first-order valence-corrected chi connectivity index (χ1v) is 13.6. The molecule has 7 nitrogen and oxygen atoms in total. The molecular weight excluding hydrogens is 447 g/mol. The number of para-hydroxylation sites is 2. The van der Waals surface area contributed by atoms with Crippen molar-refractivity contribution in [1.82, 2.24) is 9.71 Å². The molecule has 3 aromatic rings. The second kappa shape index (κ2) is 9.86. The third-order valence-electron chi connectivity index (χ3n) is 5.31. The molecule has 32 heavy (non-hydrogen) atoms. The number of aromatic nitrogens is 1. The average Bonchev–Trinajstić information content (AvgIpc) is 2.81. The summed E-state index contributed by atoms with van der Waals surface area (Å²) >= 11 is 0. The molecule has 2 aromatic carbocycles. The normalized spacial score (nSPS) is 19.2. The summed E-state index contributed by atoms with van der Waals surface area (Å²) in [5.41, 5.74) is -0.657. The Morgan fingerprint density at radius 1 is 0.812 bits per heavy atom. The lowest BCUT2D eigenvalue weighted by Gasteiger charge is -2.35. The summed E-state index contributed by atoms with van der Waals surface area (Å²) in [6.45, 7) is 0. The van der Waals surface area contributed by atoms with Crippen LogP contribution in [0.25, 0.3) is 0 Å². The summed E-state index contributed by atoms with van der Waals surface area (Å²) in [7, 11) is -7.71. The molecule has 0 spiro atoms. The van der Waals surface area contributed by atoms with Crippen LogP contribution < -0.4 is 13.8 Å². The second-order valence-electron chi connectivity index (χ2n) is 7.60. The van der Waals surface area contributed by atoms with Crippen LogP contribution >= 0.6 is 7.60 Å². The van der Waals surface area contributed by atoms with Crippen molar-refractivity contribution in [3.63, 3.8) is 0 Å². The highest BCUT2D eigenvalue weighted by atomic mass is 32.2. The highest BCUT2D eigenvalue weighted by Crippen LogP contribution is 2.57. The third kappa shape index (κ3) is 5.38. The summed E-state index contributed by atoms with van der Waals surface area (Å²) in [6, 6.07) is 21.7. The largest absolute Gasteiger partial charge is 0.435 e. The highest BCUT2D eigenvalue weighted by molar-refractivity contribution is 7.89. The molecule has 1 N–H and O–H groups in total. The molecule has 2 atom stereocenters. The summed E-state index contributed by atoms with van der Waals surface area (Å²) in [4.78, 5) is 3.96. The quantitative estimate of drug-likeness (QED) is 0.463. The molecule has 1 aliphatic rings. The fourth-order valence-corrected chi connectivity index (χ4v) is 7.47. The Morgan fingerprint density at radius 3 is 1.94 bits per heavy atom. The minimum Gasteiger partial charge on any atom is -0.416 e. The van der Waals surface area contributed by atoms with E-state index in [9.17, 15) is 13.0 Å². The number of pyridine rings is 1. The van der Waals surface area contributed by atoms with E-state index >= 15 is 0 Å². The highest BCUT2D eigenvalue weighted by Gasteiger charge is 2.46. The Morgan fingerprint density at radius 2 is 1.38 bits per heavy atom. The molecule has 1 aliphatic carbocycles. The summed E-state index contributed by atoms with van der Waals surface area (Å²) < 4.78 is 54.8. The molecule has 168 valence electrons. The molecule has 0 bridgehead atoms. The second-order valence-corrected chi connectivity index (χ2v) is 11.4. The van der Waals surface area contributed by atoms with Crippen LogP contribution in [0.3, 0.4) is 0 Å². The van der Waals surface area contributed by atoms with E-state index in [1.54, 1.807) is 60.7 Å². The van der Waals surface area contributed by atoms with Crippen molar-refractivity contribution in [3.05, 3.63) is 85.1 Å². The SMILES string of the molecule is O=P(Oc1ccccc1)(Oc1ccccc1)[C@@H]1CCCC[C@H]1NS(=O)(=O)c1ccccn1. The van der Waals surface area contributed by atoms with Crippen molar-refractivity contribution in [2.75, 3.05) is 0 Å². The van der Waals surface area contributed by atoms with Crippen LogP contribution in [0.2, 0.25) is 0 Å². The van der Waals surface area contributed by atoms with Gasteiger partial charge in [-0.3, -0.25) is 0 Å². The maximum absolute atomic E-state index is 14.2. The van der Waals surface area contributed by atoms with Crippen molar-refractivity contribution in [1.29, 1.82) is 0 Å². The van der Waals surface area contributed by atoms with Crippen LogP contribution in [0.15, 0.2) is 90.1 Å². The summed E-state index contributed by atoms with van der Waals surface area (Å²) in [5, 5.41) is -0.0767. The van der Waals surface area contributed by atoms with Crippen LogP contribution in [0.4, 0.5) is 0 Å². The van der Waals surface area contributed by atoms with Gasteiger partial charge in [0.25, 0.3) is 10.0 Å². The zero-order valence-corrected chi connectivity index (χ0v) is 19.1. The van der Waals surface area contributed by atoms with Gasteiger partial charge in [-0.15, -0.1) is 0 Å². The van der Waals surface area contributed by atoms with Gasteiger partial charge >= 0.3 is 7.60 Å². The van der Waals surface area contributed by atoms with E-state index in [0.29, 0.717) is 24.3 Å². The molecule has 0 saturated heterocycles. The monoisotopic (exact) mass is 472 g/mol. The molecule has 0 aliphatic heterocycles. The van der Waals surface area contributed by atoms with Crippen LogP contribution in [0, 0.1) is 0 Å². The van der Waals surface area contributed by atoms with E-state index in [1.807, 2.05) is 12.1 Å². The van der Waals surface area contributed by atoms with Crippen LogP contribution in [-0.2, 0) is 14.6 Å². The molecule has 0 radical (unpaired) electrons. The number of benzene rings is 2. The van der Waals surface area contributed by atoms with Gasteiger partial charge in [0.1, 0.15) is 17.2 Å². The lowest BCUT2D eigenvalue weighted by molar-refractivity contribution is 0.326. The van der Waals surface area contributed by atoms with Gasteiger partial charge in [-0.05, 0) is 49.2 Å². The Balaban J connectivity index is 1.66. The third-order valence-corrected chi connectivity index (χ3v) is 9.07. The minimum absolute atomic E-state index is 0.0767. The first-order chi connectivity index (χ1) is 15.5. The number of hydrogen-bond acceptors (Lipinski definition) is 6. The van der Waals surface area contributed by atoms with E-state index < -0.39 is 29.3 Å². The minimum atomic E-state index is -3.89. The van der Waals surface area contributed by atoms with Gasteiger partial charge in [0.05, 0.1) is 0 Å². The average molecular weight is 473 g/mol. The van der Waals surface area contributed by atoms with Crippen molar-refractivity contribution in [3.8, 4) is 11.5 Å². The molecule has 1 aromatic heterocycles. The smallest absolute Gasteiger partial charge is 0.416 e. The number of sulfonamides is 1. The van der Waals surface area contributed by atoms with Gasteiger partial charge < -0.3 is 9.05 Å². The van der Waals surface area contributed by atoms with Gasteiger partial charge in [-0.2, -0.15) is 0 Å². The molecule has 1 saturated carbocycles. The molecule has 4 rings (SSSR count). The summed E-state index contributed by atoms with van der Waals surface area (Å²) in [6.07, 6.45) is 4.06. The number of nitrogens with zero attached hydrogens (tertiary/aromatic N) is 1. The predicted molar refractivity (Wildman–Crippen MR) is 122 cm³/mol. The Kier molecular flexibility index (Phi) is 6.94. The van der Waals surface area contributed by atoms with E-state index in [1.165, 1.54) is 12.3 Å². The van der Waals surface area contributed by atoms with Crippen LogP contribution in [0.5, 0.6) is 11.5 Å². The Hall–Kier alpha value is -2.67. The first-order valence-electron chi connectivity index (χ1n) is 10.5. The number of rotatable bonds is 8. The van der Waals surface area contributed by atoms with Crippen molar-refractivity contribution in [2.45, 2.75) is 42.4 Å². The maximum atomic E-state index is 14.2. The standard InChI is InChI=1S/C23H25N2O5PS/c26-31(29-19-11-3-1-4-12-19,30-20-13-5-2-6-14-20)22-16-8-7-15-21(22)25-32(27,28)23-17-9-10-18-24-23/h1-6,9-14,17-18,21-22,25H,7-8,15-16H2/t21-,22-/m1/s1. The van der Waals surface area contributed by atoms with Gasteiger partial charge in [-0.25, -0.2) is 22.7 Å². The lowest BCUT2D eigenvalue weighted by Crippen LogP contribution is -2.46. The van der Waals surface area contributed by atoms with E-state index in [-0.39, 0.29) is 5.03 Å². The Labute approximate surface area is 188 Å². The van der Waals surface area contributed by atoms with Crippen molar-refractivity contribution < 1.29 is 22.0 Å². The molecule has 9 heteroatoms. The zero-order chi connectivity index (χ0) is 22.4. The first kappa shape index (κ1) is 22.5. The van der Waals surface area contributed by atoms with Gasteiger partial charge in [0.2, 0.25) is 0 Å². The molecule has 0 unspecified atom stereocenters. The molecule has 0 amide bonds. The fourth-order valence-electron chi connectivity index (χ4n) is 3.80. The van der Waals surface area contributed by atoms with E-state index in [4.69, 9.17) is 9.05 Å². The zero-order valence-electron chi connectivity index (χ0n) is 17.4. The topological polar surface area (TPSA) is 94.6 Å². The van der Waals surface area contributed by atoms with E-state index in [2.05, 4.69) is 9.71 Å². The van der Waals surface area contributed by atoms with Crippen LogP contribution in [-0.4, -0.2) is 25.1 Å². The molecular formula is C23H25N2O5PS.